The smallest absolute Gasteiger partial charge is 0.249 e. The SMILES string of the molecule is CCCCc1cc2c(cc1N1c3ccc(-c4ccccc4)cc3B3c4cc(-c5ccccc5)ccc4Sc4cc(C(C)(C)C)cc1c43)sc1ccccc12. The maximum atomic E-state index is 2.66. The molecular formula is C50H42BNS2. The molecular weight excluding hydrogens is 690 g/mol. The van der Waals surface area contributed by atoms with Gasteiger partial charge < -0.3 is 4.90 Å². The highest BCUT2D eigenvalue weighted by atomic mass is 32.2. The first-order chi connectivity index (χ1) is 26.4. The fourth-order valence-corrected chi connectivity index (χ4v) is 11.0. The zero-order valence-electron chi connectivity index (χ0n) is 31.3. The van der Waals surface area contributed by atoms with E-state index in [1.165, 1.54) is 96.8 Å². The molecule has 0 fully saturated rings. The summed E-state index contributed by atoms with van der Waals surface area (Å²) in [6.07, 6.45) is 3.36. The molecule has 2 aliphatic heterocycles. The highest BCUT2D eigenvalue weighted by Gasteiger charge is 2.42. The normalized spacial score (nSPS) is 13.3. The second kappa shape index (κ2) is 13.1. The van der Waals surface area contributed by atoms with Crippen molar-refractivity contribution in [1.29, 1.82) is 0 Å². The van der Waals surface area contributed by atoms with Crippen LogP contribution < -0.4 is 21.3 Å². The van der Waals surface area contributed by atoms with Crippen LogP contribution in [0.5, 0.6) is 0 Å². The topological polar surface area (TPSA) is 3.24 Å². The molecule has 0 radical (unpaired) electrons. The Morgan fingerprint density at radius 1 is 0.556 bits per heavy atom. The Bertz CT molecular complexity index is 2720. The van der Waals surface area contributed by atoms with Crippen LogP contribution in [0.2, 0.25) is 0 Å². The molecule has 1 nitrogen and oxygen atoms in total. The zero-order chi connectivity index (χ0) is 36.6. The van der Waals surface area contributed by atoms with Crippen LogP contribution >= 0.6 is 23.1 Å². The maximum Gasteiger partial charge on any atom is 0.249 e. The van der Waals surface area contributed by atoms with Crippen LogP contribution in [0.15, 0.2) is 155 Å². The number of benzene rings is 7. The Morgan fingerprint density at radius 3 is 1.96 bits per heavy atom. The average molecular weight is 732 g/mol. The molecule has 0 aliphatic carbocycles. The summed E-state index contributed by atoms with van der Waals surface area (Å²) >= 11 is 3.88. The van der Waals surface area contributed by atoms with Crippen molar-refractivity contribution in [2.45, 2.75) is 62.2 Å². The van der Waals surface area contributed by atoms with Crippen molar-refractivity contribution in [2.75, 3.05) is 4.90 Å². The van der Waals surface area contributed by atoms with Crippen LogP contribution in [-0.4, -0.2) is 6.71 Å². The van der Waals surface area contributed by atoms with Crippen LogP contribution in [0.3, 0.4) is 0 Å². The summed E-state index contributed by atoms with van der Waals surface area (Å²) in [6, 6.07) is 55.2. The molecule has 0 atom stereocenters. The summed E-state index contributed by atoms with van der Waals surface area (Å²) in [5.41, 5.74) is 16.0. The maximum absolute atomic E-state index is 2.66. The first-order valence-electron chi connectivity index (χ1n) is 19.3. The van der Waals surface area contributed by atoms with Gasteiger partial charge in [-0.1, -0.05) is 154 Å². The van der Waals surface area contributed by atoms with E-state index in [0.717, 1.165) is 19.3 Å². The highest BCUT2D eigenvalue weighted by Crippen LogP contribution is 2.48. The molecule has 0 saturated heterocycles. The quantitative estimate of drug-likeness (QED) is 0.157. The molecule has 262 valence electrons. The molecule has 0 saturated carbocycles. The summed E-state index contributed by atoms with van der Waals surface area (Å²) in [7, 11) is 0. The Morgan fingerprint density at radius 2 is 1.24 bits per heavy atom. The van der Waals surface area contributed by atoms with Gasteiger partial charge in [0.05, 0.1) is 5.69 Å². The highest BCUT2D eigenvalue weighted by molar-refractivity contribution is 8.00. The zero-order valence-corrected chi connectivity index (χ0v) is 33.0. The largest absolute Gasteiger partial charge is 0.311 e. The van der Waals surface area contributed by atoms with Crippen molar-refractivity contribution in [1.82, 2.24) is 0 Å². The van der Waals surface area contributed by atoms with Crippen LogP contribution in [0.4, 0.5) is 17.1 Å². The minimum Gasteiger partial charge on any atom is -0.311 e. The minimum atomic E-state index is -0.0113. The molecule has 0 spiro atoms. The van der Waals surface area contributed by atoms with Gasteiger partial charge in [0.1, 0.15) is 0 Å². The summed E-state index contributed by atoms with van der Waals surface area (Å²) in [4.78, 5) is 5.39. The van der Waals surface area contributed by atoms with Crippen LogP contribution in [0, 0.1) is 0 Å². The molecule has 0 unspecified atom stereocenters. The van der Waals surface area contributed by atoms with Crippen molar-refractivity contribution in [3.63, 3.8) is 0 Å². The number of nitrogens with zero attached hydrogens (tertiary/aromatic N) is 1. The van der Waals surface area contributed by atoms with E-state index in [2.05, 4.69) is 178 Å². The predicted molar refractivity (Wildman–Crippen MR) is 237 cm³/mol. The lowest BCUT2D eigenvalue weighted by Crippen LogP contribution is -2.60. The Hall–Kier alpha value is -5.03. The third kappa shape index (κ3) is 5.53. The number of hydrogen-bond acceptors (Lipinski definition) is 3. The minimum absolute atomic E-state index is 0.0113. The number of rotatable bonds is 6. The van der Waals surface area contributed by atoms with Crippen LogP contribution in [-0.2, 0) is 11.8 Å². The molecule has 1 aromatic heterocycles. The molecule has 0 amide bonds. The van der Waals surface area contributed by atoms with E-state index in [9.17, 15) is 0 Å². The van der Waals surface area contributed by atoms with Gasteiger partial charge in [0.25, 0.3) is 0 Å². The van der Waals surface area contributed by atoms with E-state index in [-0.39, 0.29) is 12.1 Å². The lowest BCUT2D eigenvalue weighted by molar-refractivity contribution is 0.589. The van der Waals surface area contributed by atoms with Crippen molar-refractivity contribution in [2.24, 2.45) is 0 Å². The van der Waals surface area contributed by atoms with Crippen molar-refractivity contribution < 1.29 is 0 Å². The number of thiophene rings is 1. The summed E-state index contributed by atoms with van der Waals surface area (Å²) in [6.45, 7) is 9.48. The lowest BCUT2D eigenvalue weighted by atomic mass is 9.34. The van der Waals surface area contributed by atoms with E-state index < -0.39 is 0 Å². The second-order valence-corrected chi connectivity index (χ2v) is 18.1. The van der Waals surface area contributed by atoms with Gasteiger partial charge in [-0.05, 0) is 105 Å². The van der Waals surface area contributed by atoms with Gasteiger partial charge in [-0.3, -0.25) is 0 Å². The third-order valence-electron chi connectivity index (χ3n) is 11.5. The molecule has 0 N–H and O–H groups in total. The average Bonchev–Trinajstić information content (AvgIpc) is 3.57. The molecule has 2 aliphatic rings. The Kier molecular flexibility index (Phi) is 8.12. The van der Waals surface area contributed by atoms with Crippen molar-refractivity contribution in [3.8, 4) is 22.3 Å². The standard InChI is InChI=1S/C50H42BNS2/c1-5-6-15-36-26-39-38-20-13-14-21-45(38)53-47(39)31-43(36)52-42-24-22-34(32-16-9-7-10-17-32)27-40(42)51-41-28-35(33-18-11-8-12-19-33)23-25-46(41)54-48-30-37(50(2,3)4)29-44(52)49(48)51/h7-14,16-31H,5-6,15H2,1-4H3. The van der Waals surface area contributed by atoms with Crippen molar-refractivity contribution >= 4 is 83.4 Å². The number of aryl methyl sites for hydroxylation is 1. The third-order valence-corrected chi connectivity index (χ3v) is 13.8. The molecule has 3 heterocycles. The Labute approximate surface area is 327 Å². The van der Waals surface area contributed by atoms with Gasteiger partial charge in [0, 0.05) is 41.3 Å². The first-order valence-corrected chi connectivity index (χ1v) is 21.0. The fourth-order valence-electron chi connectivity index (χ4n) is 8.65. The van der Waals surface area contributed by atoms with Gasteiger partial charge in [0.2, 0.25) is 6.71 Å². The predicted octanol–water partition coefficient (Wildman–Crippen LogP) is 12.8. The molecule has 10 rings (SSSR count). The molecule has 8 aromatic rings. The number of unbranched alkanes of at least 4 members (excludes halogenated alkanes) is 1. The van der Waals surface area contributed by atoms with Gasteiger partial charge in [0.15, 0.2) is 0 Å². The number of hydrogen-bond donors (Lipinski definition) is 0. The van der Waals surface area contributed by atoms with Crippen molar-refractivity contribution in [3.05, 3.63) is 157 Å². The van der Waals surface area contributed by atoms with Gasteiger partial charge in [-0.25, -0.2) is 0 Å². The lowest BCUT2D eigenvalue weighted by Gasteiger charge is -2.42. The van der Waals surface area contributed by atoms with E-state index in [4.69, 9.17) is 0 Å². The van der Waals surface area contributed by atoms with Crippen LogP contribution in [0.25, 0.3) is 42.4 Å². The second-order valence-electron chi connectivity index (χ2n) is 16.0. The number of anilines is 3. The fraction of sp³-hybridized carbons (Fsp3) is 0.160. The summed E-state index contributed by atoms with van der Waals surface area (Å²) in [5, 5.41) is 2.74. The molecule has 0 bridgehead atoms. The summed E-state index contributed by atoms with van der Waals surface area (Å²) < 4.78 is 2.70. The van der Waals surface area contributed by atoms with Gasteiger partial charge in [-0.15, -0.1) is 11.3 Å². The van der Waals surface area contributed by atoms with Gasteiger partial charge >= 0.3 is 0 Å². The van der Waals surface area contributed by atoms with E-state index in [1.807, 2.05) is 23.1 Å². The molecule has 54 heavy (non-hydrogen) atoms. The monoisotopic (exact) mass is 731 g/mol. The number of fused-ring (bicyclic) bond motifs is 7. The summed E-state index contributed by atoms with van der Waals surface area (Å²) in [5.74, 6) is 0. The van der Waals surface area contributed by atoms with E-state index in [1.54, 1.807) is 0 Å². The van der Waals surface area contributed by atoms with E-state index >= 15 is 0 Å². The molecule has 4 heteroatoms. The van der Waals surface area contributed by atoms with E-state index in [0.29, 0.717) is 0 Å². The molecule has 7 aromatic carbocycles. The Balaban J connectivity index is 1.29. The van der Waals surface area contributed by atoms with Crippen LogP contribution in [0.1, 0.15) is 51.7 Å². The van der Waals surface area contributed by atoms with Gasteiger partial charge in [-0.2, -0.15) is 0 Å². The first kappa shape index (κ1) is 33.5.